The number of rotatable bonds is 3. The number of amides is 1. The molecule has 0 spiro atoms. The van der Waals surface area contributed by atoms with E-state index in [2.05, 4.69) is 12.2 Å². The molecule has 0 aromatic carbocycles. The Hall–Kier alpha value is -0.530. The van der Waals surface area contributed by atoms with Crippen LogP contribution in [0, 0.1) is 6.92 Å². The van der Waals surface area contributed by atoms with E-state index >= 15 is 0 Å². The molecule has 0 bridgehead atoms. The molecular formula is C6H12NO. The van der Waals surface area contributed by atoms with E-state index < -0.39 is 0 Å². The van der Waals surface area contributed by atoms with E-state index in [1.807, 2.05) is 6.92 Å². The van der Waals surface area contributed by atoms with Gasteiger partial charge in [0.25, 0.3) is 0 Å². The first-order valence-corrected chi connectivity index (χ1v) is 2.87. The van der Waals surface area contributed by atoms with E-state index in [9.17, 15) is 4.79 Å². The second kappa shape index (κ2) is 4.62. The molecule has 0 unspecified atom stereocenters. The van der Waals surface area contributed by atoms with Crippen molar-refractivity contribution in [2.75, 3.05) is 6.54 Å². The summed E-state index contributed by atoms with van der Waals surface area (Å²) in [6, 6.07) is 0. The molecule has 8 heavy (non-hydrogen) atoms. The van der Waals surface area contributed by atoms with Crippen LogP contribution in [-0.4, -0.2) is 12.5 Å². The van der Waals surface area contributed by atoms with Crippen LogP contribution in [0.15, 0.2) is 0 Å². The van der Waals surface area contributed by atoms with E-state index in [1.165, 1.54) is 0 Å². The van der Waals surface area contributed by atoms with Crippen molar-refractivity contribution in [1.29, 1.82) is 0 Å². The van der Waals surface area contributed by atoms with Crippen molar-refractivity contribution in [3.05, 3.63) is 6.92 Å². The number of carbonyl (C=O) groups is 1. The summed E-state index contributed by atoms with van der Waals surface area (Å²) in [5, 5.41) is 2.67. The molecule has 0 aliphatic rings. The smallest absolute Gasteiger partial charge is 0.219 e. The van der Waals surface area contributed by atoms with Crippen molar-refractivity contribution in [2.24, 2.45) is 0 Å². The molecule has 0 fully saturated rings. The molecule has 1 N–H and O–H groups in total. The lowest BCUT2D eigenvalue weighted by Crippen LogP contribution is -2.21. The van der Waals surface area contributed by atoms with E-state index in [4.69, 9.17) is 0 Å². The summed E-state index contributed by atoms with van der Waals surface area (Å²) in [7, 11) is 0. The molecular weight excluding hydrogens is 102 g/mol. The topological polar surface area (TPSA) is 29.1 Å². The van der Waals surface area contributed by atoms with Crippen molar-refractivity contribution >= 4 is 5.91 Å². The Morgan fingerprint density at radius 1 is 1.75 bits per heavy atom. The van der Waals surface area contributed by atoms with Crippen LogP contribution in [-0.2, 0) is 4.79 Å². The highest BCUT2D eigenvalue weighted by Crippen LogP contribution is 1.82. The second-order valence-electron chi connectivity index (χ2n) is 1.56. The first kappa shape index (κ1) is 7.47. The Bertz CT molecular complexity index is 62.9. The number of carbonyl (C=O) groups excluding carboxylic acids is 1. The zero-order valence-corrected chi connectivity index (χ0v) is 5.24. The Balaban J connectivity index is 3.06. The second-order valence-corrected chi connectivity index (χ2v) is 1.56. The van der Waals surface area contributed by atoms with Gasteiger partial charge in [-0.3, -0.25) is 4.79 Å². The lowest BCUT2D eigenvalue weighted by atomic mass is 10.3. The highest BCUT2D eigenvalue weighted by atomic mass is 16.1. The monoisotopic (exact) mass is 114 g/mol. The van der Waals surface area contributed by atoms with Gasteiger partial charge in [-0.25, -0.2) is 0 Å². The molecule has 2 heteroatoms. The summed E-state index contributed by atoms with van der Waals surface area (Å²) in [6.07, 6.45) is 1.24. The SMILES string of the molecule is [CH2]CCC(=O)NCC. The van der Waals surface area contributed by atoms with Crippen LogP contribution in [0.4, 0.5) is 0 Å². The minimum atomic E-state index is 0.0995. The normalized spacial score (nSPS) is 8.75. The van der Waals surface area contributed by atoms with Gasteiger partial charge in [0.05, 0.1) is 0 Å². The fourth-order valence-corrected chi connectivity index (χ4v) is 0.446. The van der Waals surface area contributed by atoms with Gasteiger partial charge in [-0.2, -0.15) is 0 Å². The first-order chi connectivity index (χ1) is 3.81. The van der Waals surface area contributed by atoms with Gasteiger partial charge in [0, 0.05) is 13.0 Å². The minimum absolute atomic E-state index is 0.0995. The lowest BCUT2D eigenvalue weighted by Gasteiger charge is -1.96. The fraction of sp³-hybridized carbons (Fsp3) is 0.667. The largest absolute Gasteiger partial charge is 0.356 e. The van der Waals surface area contributed by atoms with E-state index in [-0.39, 0.29) is 5.91 Å². The molecule has 0 aromatic rings. The van der Waals surface area contributed by atoms with Gasteiger partial charge in [0.2, 0.25) is 5.91 Å². The van der Waals surface area contributed by atoms with Crippen molar-refractivity contribution in [3.63, 3.8) is 0 Å². The Morgan fingerprint density at radius 3 is 2.75 bits per heavy atom. The number of hydrogen-bond donors (Lipinski definition) is 1. The van der Waals surface area contributed by atoms with Gasteiger partial charge >= 0.3 is 0 Å². The fourth-order valence-electron chi connectivity index (χ4n) is 0.446. The molecule has 0 aliphatic carbocycles. The summed E-state index contributed by atoms with van der Waals surface area (Å²) in [5.74, 6) is 0.0995. The molecule has 0 heterocycles. The molecule has 0 atom stereocenters. The Morgan fingerprint density at radius 2 is 2.38 bits per heavy atom. The summed E-state index contributed by atoms with van der Waals surface area (Å²) in [5.41, 5.74) is 0. The molecule has 2 nitrogen and oxygen atoms in total. The molecule has 0 aliphatic heterocycles. The zero-order valence-electron chi connectivity index (χ0n) is 5.24. The molecule has 47 valence electrons. The quantitative estimate of drug-likeness (QED) is 0.576. The molecule has 1 amide bonds. The third kappa shape index (κ3) is 3.65. The van der Waals surface area contributed by atoms with E-state index in [0.29, 0.717) is 12.8 Å². The van der Waals surface area contributed by atoms with E-state index in [0.717, 1.165) is 6.54 Å². The molecule has 0 aromatic heterocycles. The van der Waals surface area contributed by atoms with Gasteiger partial charge in [-0.1, -0.05) is 6.92 Å². The molecule has 0 rings (SSSR count). The number of nitrogens with one attached hydrogen (secondary N) is 1. The van der Waals surface area contributed by atoms with Crippen LogP contribution >= 0.6 is 0 Å². The van der Waals surface area contributed by atoms with Gasteiger partial charge in [0.1, 0.15) is 0 Å². The van der Waals surface area contributed by atoms with Crippen LogP contribution in [0.3, 0.4) is 0 Å². The van der Waals surface area contributed by atoms with Crippen molar-refractivity contribution in [3.8, 4) is 0 Å². The highest BCUT2D eigenvalue weighted by molar-refractivity contribution is 5.75. The number of hydrogen-bond acceptors (Lipinski definition) is 1. The van der Waals surface area contributed by atoms with E-state index in [1.54, 1.807) is 0 Å². The summed E-state index contributed by atoms with van der Waals surface area (Å²) in [4.78, 5) is 10.5. The van der Waals surface area contributed by atoms with Gasteiger partial charge in [0.15, 0.2) is 0 Å². The highest BCUT2D eigenvalue weighted by Gasteiger charge is 1.92. The summed E-state index contributed by atoms with van der Waals surface area (Å²) in [6.45, 7) is 6.17. The van der Waals surface area contributed by atoms with Crippen molar-refractivity contribution in [2.45, 2.75) is 19.8 Å². The van der Waals surface area contributed by atoms with Gasteiger partial charge < -0.3 is 5.32 Å². The maximum Gasteiger partial charge on any atom is 0.219 e. The average Bonchev–Trinajstić information content (AvgIpc) is 1.68. The van der Waals surface area contributed by atoms with Crippen molar-refractivity contribution < 1.29 is 4.79 Å². The van der Waals surface area contributed by atoms with Crippen LogP contribution < -0.4 is 5.32 Å². The molecule has 0 saturated carbocycles. The van der Waals surface area contributed by atoms with Crippen LogP contribution in [0.5, 0.6) is 0 Å². The standard InChI is InChI=1S/C6H12NO/c1-3-5-6(8)7-4-2/h1,3-5H2,2H3,(H,7,8). The minimum Gasteiger partial charge on any atom is -0.356 e. The zero-order chi connectivity index (χ0) is 6.41. The maximum absolute atomic E-state index is 10.5. The predicted octanol–water partition coefficient (Wildman–Crippen LogP) is 0.737. The maximum atomic E-state index is 10.5. The van der Waals surface area contributed by atoms with Crippen LogP contribution in [0.25, 0.3) is 0 Å². The third-order valence-corrected chi connectivity index (χ3v) is 0.778. The average molecular weight is 114 g/mol. The summed E-state index contributed by atoms with van der Waals surface area (Å²) < 4.78 is 0. The lowest BCUT2D eigenvalue weighted by molar-refractivity contribution is -0.120. The first-order valence-electron chi connectivity index (χ1n) is 2.87. The molecule has 1 radical (unpaired) electrons. The Kier molecular flexibility index (Phi) is 4.32. The van der Waals surface area contributed by atoms with Gasteiger partial charge in [-0.05, 0) is 13.3 Å². The Labute approximate surface area is 50.3 Å². The van der Waals surface area contributed by atoms with Crippen molar-refractivity contribution in [1.82, 2.24) is 5.32 Å². The van der Waals surface area contributed by atoms with Crippen LogP contribution in [0.1, 0.15) is 19.8 Å². The summed E-state index contributed by atoms with van der Waals surface area (Å²) >= 11 is 0. The predicted molar refractivity (Wildman–Crippen MR) is 33.3 cm³/mol. The third-order valence-electron chi connectivity index (χ3n) is 0.778. The van der Waals surface area contributed by atoms with Crippen LogP contribution in [0.2, 0.25) is 0 Å². The van der Waals surface area contributed by atoms with Gasteiger partial charge in [-0.15, -0.1) is 0 Å². The molecule has 0 saturated heterocycles.